The zero-order valence-corrected chi connectivity index (χ0v) is 10.3. The van der Waals surface area contributed by atoms with Crippen molar-refractivity contribution in [2.24, 2.45) is 5.84 Å². The Kier molecular flexibility index (Phi) is 2.61. The van der Waals surface area contributed by atoms with Crippen LogP contribution in [0.3, 0.4) is 0 Å². The molecule has 0 fully saturated rings. The molecule has 8 nitrogen and oxygen atoms in total. The molecule has 0 saturated heterocycles. The van der Waals surface area contributed by atoms with Gasteiger partial charge in [0.25, 0.3) is 0 Å². The minimum Gasteiger partial charge on any atom is -0.307 e. The van der Waals surface area contributed by atoms with Gasteiger partial charge in [0, 0.05) is 12.4 Å². The molecular weight excluding hydrogens is 252 g/mol. The Hall–Kier alpha value is -2.13. The maximum atomic E-state index is 5.38. The molecule has 4 N–H and O–H groups in total. The number of rotatable bonds is 3. The topological polar surface area (TPSA) is 110 Å². The van der Waals surface area contributed by atoms with Crippen LogP contribution in [0.25, 0.3) is 5.65 Å². The number of H-pyrrole nitrogens is 1. The zero-order chi connectivity index (χ0) is 12.5. The van der Waals surface area contributed by atoms with Gasteiger partial charge in [-0.3, -0.25) is 5.10 Å². The number of aromatic amines is 1. The van der Waals surface area contributed by atoms with Crippen LogP contribution in [-0.4, -0.2) is 29.5 Å². The molecule has 3 rings (SSSR count). The molecule has 3 aromatic rings. The van der Waals surface area contributed by atoms with E-state index >= 15 is 0 Å². The standard InChI is InChI=1S/C9H10N8S/c1-5-12-9(16-15-5)18-8-7-11-2-3-17(7)4-6(13-8)14-10/h2-4,14H,10H2,1H3,(H,12,15,16). The van der Waals surface area contributed by atoms with Crippen molar-refractivity contribution in [3.05, 3.63) is 24.4 Å². The van der Waals surface area contributed by atoms with Crippen LogP contribution < -0.4 is 11.3 Å². The van der Waals surface area contributed by atoms with E-state index in [1.54, 1.807) is 12.4 Å². The van der Waals surface area contributed by atoms with Gasteiger partial charge in [-0.25, -0.2) is 20.8 Å². The van der Waals surface area contributed by atoms with Crippen molar-refractivity contribution >= 4 is 23.2 Å². The first-order valence-electron chi connectivity index (χ1n) is 5.13. The highest BCUT2D eigenvalue weighted by Crippen LogP contribution is 2.27. The molecule has 0 unspecified atom stereocenters. The van der Waals surface area contributed by atoms with Gasteiger partial charge in [-0.1, -0.05) is 0 Å². The molecule has 0 spiro atoms. The van der Waals surface area contributed by atoms with Gasteiger partial charge in [0.15, 0.2) is 11.5 Å². The number of aryl methyl sites for hydroxylation is 1. The summed E-state index contributed by atoms with van der Waals surface area (Å²) in [6, 6.07) is 0. The van der Waals surface area contributed by atoms with Gasteiger partial charge in [-0.2, -0.15) is 0 Å². The Morgan fingerprint density at radius 2 is 2.33 bits per heavy atom. The van der Waals surface area contributed by atoms with E-state index in [2.05, 4.69) is 30.6 Å². The number of hydrogen-bond acceptors (Lipinski definition) is 7. The van der Waals surface area contributed by atoms with Gasteiger partial charge in [-0.05, 0) is 18.7 Å². The van der Waals surface area contributed by atoms with Crippen LogP contribution in [0.5, 0.6) is 0 Å². The number of aromatic nitrogens is 6. The summed E-state index contributed by atoms with van der Waals surface area (Å²) in [4.78, 5) is 12.8. The third-order valence-corrected chi connectivity index (χ3v) is 3.09. The number of nitrogens with one attached hydrogen (secondary N) is 2. The van der Waals surface area contributed by atoms with E-state index in [1.165, 1.54) is 11.8 Å². The van der Waals surface area contributed by atoms with Gasteiger partial charge in [0.1, 0.15) is 10.9 Å². The molecule has 3 aromatic heterocycles. The van der Waals surface area contributed by atoms with Crippen LogP contribution in [0.4, 0.5) is 5.82 Å². The summed E-state index contributed by atoms with van der Waals surface area (Å²) in [5.41, 5.74) is 3.26. The molecule has 0 saturated carbocycles. The lowest BCUT2D eigenvalue weighted by molar-refractivity contribution is 0.959. The monoisotopic (exact) mass is 262 g/mol. The number of hydrazine groups is 1. The SMILES string of the molecule is Cc1nc(Sc2nc(NN)cn3ccnc23)n[nH]1. The summed E-state index contributed by atoms with van der Waals surface area (Å²) in [6.45, 7) is 1.84. The first-order valence-corrected chi connectivity index (χ1v) is 5.95. The van der Waals surface area contributed by atoms with Crippen molar-refractivity contribution in [3.63, 3.8) is 0 Å². The third kappa shape index (κ3) is 1.89. The van der Waals surface area contributed by atoms with Crippen LogP contribution in [0.15, 0.2) is 28.8 Å². The summed E-state index contributed by atoms with van der Waals surface area (Å²) in [5, 5.41) is 8.12. The van der Waals surface area contributed by atoms with E-state index in [1.807, 2.05) is 17.5 Å². The molecule has 0 aromatic carbocycles. The van der Waals surface area contributed by atoms with E-state index < -0.39 is 0 Å². The quantitative estimate of drug-likeness (QED) is 0.468. The van der Waals surface area contributed by atoms with Gasteiger partial charge >= 0.3 is 0 Å². The molecule has 0 radical (unpaired) electrons. The minimum atomic E-state index is 0.551. The molecule has 0 aliphatic rings. The highest BCUT2D eigenvalue weighted by molar-refractivity contribution is 7.99. The summed E-state index contributed by atoms with van der Waals surface area (Å²) in [7, 11) is 0. The molecule has 92 valence electrons. The molecule has 0 bridgehead atoms. The lowest BCUT2D eigenvalue weighted by Crippen LogP contribution is -2.10. The number of hydrogen-bond donors (Lipinski definition) is 3. The Balaban J connectivity index is 2.06. The Morgan fingerprint density at radius 3 is 3.06 bits per heavy atom. The van der Waals surface area contributed by atoms with Gasteiger partial charge < -0.3 is 9.83 Å². The van der Waals surface area contributed by atoms with Gasteiger partial charge in [0.2, 0.25) is 5.16 Å². The fourth-order valence-corrected chi connectivity index (χ4v) is 2.34. The third-order valence-electron chi connectivity index (χ3n) is 2.26. The molecule has 0 aliphatic carbocycles. The largest absolute Gasteiger partial charge is 0.307 e. The Bertz CT molecular complexity index is 687. The van der Waals surface area contributed by atoms with Crippen molar-refractivity contribution in [1.82, 2.24) is 29.5 Å². The van der Waals surface area contributed by atoms with Crippen LogP contribution in [0.2, 0.25) is 0 Å². The van der Waals surface area contributed by atoms with Crippen molar-refractivity contribution in [1.29, 1.82) is 0 Å². The van der Waals surface area contributed by atoms with Crippen LogP contribution in [0.1, 0.15) is 5.82 Å². The van der Waals surface area contributed by atoms with Crippen molar-refractivity contribution in [3.8, 4) is 0 Å². The molecule has 18 heavy (non-hydrogen) atoms. The van der Waals surface area contributed by atoms with Crippen LogP contribution in [0, 0.1) is 6.92 Å². The normalized spacial score (nSPS) is 11.0. The van der Waals surface area contributed by atoms with Gasteiger partial charge in [-0.15, -0.1) is 5.10 Å². The summed E-state index contributed by atoms with van der Waals surface area (Å²) < 4.78 is 1.84. The van der Waals surface area contributed by atoms with E-state index in [-0.39, 0.29) is 0 Å². The Morgan fingerprint density at radius 1 is 1.44 bits per heavy atom. The van der Waals surface area contributed by atoms with Crippen LogP contribution in [-0.2, 0) is 0 Å². The lowest BCUT2D eigenvalue weighted by Gasteiger charge is -2.04. The number of anilines is 1. The summed E-state index contributed by atoms with van der Waals surface area (Å²) >= 11 is 1.33. The molecule has 0 atom stereocenters. The summed E-state index contributed by atoms with van der Waals surface area (Å²) in [6.07, 6.45) is 5.28. The second-order valence-corrected chi connectivity index (χ2v) is 4.50. The lowest BCUT2D eigenvalue weighted by atomic mass is 10.6. The van der Waals surface area contributed by atoms with Crippen molar-refractivity contribution < 1.29 is 0 Å². The average Bonchev–Trinajstić information content (AvgIpc) is 2.98. The van der Waals surface area contributed by atoms with Crippen molar-refractivity contribution in [2.45, 2.75) is 17.1 Å². The zero-order valence-electron chi connectivity index (χ0n) is 9.45. The molecular formula is C9H10N8S. The van der Waals surface area contributed by atoms with E-state index in [9.17, 15) is 0 Å². The second-order valence-electron chi connectivity index (χ2n) is 3.54. The minimum absolute atomic E-state index is 0.551. The van der Waals surface area contributed by atoms with Crippen LogP contribution >= 0.6 is 11.8 Å². The number of nitrogens with zero attached hydrogens (tertiary/aromatic N) is 5. The first kappa shape index (κ1) is 11.0. The first-order chi connectivity index (χ1) is 8.76. The molecule has 3 heterocycles. The molecule has 0 amide bonds. The predicted molar refractivity (Wildman–Crippen MR) is 66.0 cm³/mol. The fourth-order valence-electron chi connectivity index (χ4n) is 1.50. The van der Waals surface area contributed by atoms with E-state index in [0.29, 0.717) is 16.0 Å². The Labute approximate surface area is 106 Å². The van der Waals surface area contributed by atoms with E-state index in [0.717, 1.165) is 11.5 Å². The highest BCUT2D eigenvalue weighted by atomic mass is 32.2. The highest BCUT2D eigenvalue weighted by Gasteiger charge is 2.11. The second kappa shape index (κ2) is 4.27. The molecule has 9 heteroatoms. The number of fused-ring (bicyclic) bond motifs is 1. The smallest absolute Gasteiger partial charge is 0.214 e. The average molecular weight is 262 g/mol. The summed E-state index contributed by atoms with van der Waals surface area (Å²) in [5.74, 6) is 6.69. The number of imidazole rings is 1. The van der Waals surface area contributed by atoms with E-state index in [4.69, 9.17) is 5.84 Å². The fraction of sp³-hybridized carbons (Fsp3) is 0.111. The van der Waals surface area contributed by atoms with Crippen molar-refractivity contribution in [2.75, 3.05) is 5.43 Å². The van der Waals surface area contributed by atoms with Gasteiger partial charge in [0.05, 0.1) is 6.20 Å². The molecule has 0 aliphatic heterocycles. The number of nitrogen functional groups attached to an aromatic ring is 1. The maximum absolute atomic E-state index is 5.38. The maximum Gasteiger partial charge on any atom is 0.214 e. The predicted octanol–water partition coefficient (Wildman–Crippen LogP) is 0.593. The number of nitrogens with two attached hydrogens (primary N) is 1.